The number of carboxylic acids is 1. The van der Waals surface area contributed by atoms with Gasteiger partial charge >= 0.3 is 5.97 Å². The van der Waals surface area contributed by atoms with Gasteiger partial charge in [0, 0.05) is 18.7 Å². The Bertz CT molecular complexity index is 603. The van der Waals surface area contributed by atoms with E-state index < -0.39 is 11.9 Å². The van der Waals surface area contributed by atoms with E-state index in [1.54, 1.807) is 23.1 Å². The number of likely N-dealkylation sites (tertiary alicyclic amines) is 1. The molecule has 24 heavy (non-hydrogen) atoms. The molecule has 5 nitrogen and oxygen atoms in total. The molecule has 1 amide bonds. The summed E-state index contributed by atoms with van der Waals surface area (Å²) in [4.78, 5) is 25.4. The van der Waals surface area contributed by atoms with E-state index in [1.165, 1.54) is 0 Å². The summed E-state index contributed by atoms with van der Waals surface area (Å²) in [7, 11) is 0. The molecule has 1 aromatic carbocycles. The molecule has 0 radical (unpaired) electrons. The molecule has 1 saturated heterocycles. The maximum absolute atomic E-state index is 12.6. The van der Waals surface area contributed by atoms with E-state index in [4.69, 9.17) is 9.84 Å². The predicted molar refractivity (Wildman–Crippen MR) is 95.4 cm³/mol. The first-order valence-electron chi connectivity index (χ1n) is 8.33. The second-order valence-corrected chi connectivity index (χ2v) is 7.46. The minimum absolute atomic E-state index is 0.129. The van der Waals surface area contributed by atoms with Crippen molar-refractivity contribution in [2.24, 2.45) is 11.8 Å². The number of carbonyl (C=O) groups is 2. The topological polar surface area (TPSA) is 66.8 Å². The number of halogens is 1. The Balaban J connectivity index is 2.02. The molecule has 1 N–H and O–H groups in total. The number of carboxylic acid groups (broad SMARTS) is 1. The predicted octanol–water partition coefficient (Wildman–Crippen LogP) is 3.81. The molecule has 0 spiro atoms. The third-order valence-corrected chi connectivity index (χ3v) is 4.81. The first kappa shape index (κ1) is 18.8. The van der Waals surface area contributed by atoms with Crippen molar-refractivity contribution in [1.82, 2.24) is 4.90 Å². The number of carbonyl (C=O) groups excluding carboxylic acids is 1. The van der Waals surface area contributed by atoms with Crippen molar-refractivity contribution in [3.8, 4) is 5.75 Å². The van der Waals surface area contributed by atoms with Gasteiger partial charge in [-0.2, -0.15) is 0 Å². The first-order valence-corrected chi connectivity index (χ1v) is 9.12. The van der Waals surface area contributed by atoms with Crippen LogP contribution in [0.1, 0.15) is 43.5 Å². The summed E-state index contributed by atoms with van der Waals surface area (Å²) in [6, 6.07) is 5.27. The van der Waals surface area contributed by atoms with Crippen LogP contribution in [0.15, 0.2) is 22.7 Å². The average molecular weight is 398 g/mol. The third-order valence-electron chi connectivity index (χ3n) is 4.19. The van der Waals surface area contributed by atoms with Gasteiger partial charge in [-0.25, -0.2) is 0 Å². The normalized spacial score (nSPS) is 17.8. The quantitative estimate of drug-likeness (QED) is 0.792. The molecule has 1 heterocycles. The van der Waals surface area contributed by atoms with E-state index in [0.29, 0.717) is 36.8 Å². The highest BCUT2D eigenvalue weighted by Gasteiger charge is 2.28. The van der Waals surface area contributed by atoms with Crippen LogP contribution in [0.4, 0.5) is 0 Å². The lowest BCUT2D eigenvalue weighted by Crippen LogP contribution is -2.42. The number of piperidine rings is 1. The summed E-state index contributed by atoms with van der Waals surface area (Å²) < 4.78 is 6.47. The molecule has 1 aromatic rings. The van der Waals surface area contributed by atoms with E-state index >= 15 is 0 Å². The fourth-order valence-electron chi connectivity index (χ4n) is 2.70. The minimum atomic E-state index is -0.831. The maximum atomic E-state index is 12.6. The molecule has 0 bridgehead atoms. The number of nitrogens with zero attached hydrogens (tertiary/aromatic N) is 1. The lowest BCUT2D eigenvalue weighted by molar-refractivity contribution is -0.143. The summed E-state index contributed by atoms with van der Waals surface area (Å²) in [5.41, 5.74) is 0.545. The maximum Gasteiger partial charge on any atom is 0.308 e. The van der Waals surface area contributed by atoms with Crippen LogP contribution in [-0.2, 0) is 4.79 Å². The summed E-state index contributed by atoms with van der Waals surface area (Å²) >= 11 is 3.45. The van der Waals surface area contributed by atoms with Gasteiger partial charge in [-0.3, -0.25) is 9.59 Å². The van der Waals surface area contributed by atoms with E-state index in [0.717, 1.165) is 17.3 Å². The van der Waals surface area contributed by atoms with Crippen molar-refractivity contribution in [2.75, 3.05) is 19.7 Å². The minimum Gasteiger partial charge on any atom is -0.492 e. The Kier molecular flexibility index (Phi) is 6.66. The van der Waals surface area contributed by atoms with Crippen LogP contribution in [0.25, 0.3) is 0 Å². The van der Waals surface area contributed by atoms with Gasteiger partial charge in [-0.15, -0.1) is 0 Å². The highest BCUT2D eigenvalue weighted by Crippen LogP contribution is 2.28. The lowest BCUT2D eigenvalue weighted by Gasteiger charge is -2.30. The standard InChI is InChI=1S/C18H24BrNO4/c1-12(2)7-9-24-16-6-5-13(10-15(16)19)17(21)20-8-3-4-14(11-20)18(22)23/h5-6,10,12,14H,3-4,7-9,11H2,1-2H3,(H,22,23). The zero-order valence-electron chi connectivity index (χ0n) is 14.1. The van der Waals surface area contributed by atoms with E-state index in [2.05, 4.69) is 29.8 Å². The SMILES string of the molecule is CC(C)CCOc1ccc(C(=O)N2CCCC(C(=O)O)C2)cc1Br. The van der Waals surface area contributed by atoms with Crippen LogP contribution in [0.5, 0.6) is 5.75 Å². The monoisotopic (exact) mass is 397 g/mol. The van der Waals surface area contributed by atoms with Crippen LogP contribution in [0.2, 0.25) is 0 Å². The number of benzene rings is 1. The largest absolute Gasteiger partial charge is 0.492 e. The Labute approximate surface area is 151 Å². The number of amides is 1. The Hall–Kier alpha value is -1.56. The van der Waals surface area contributed by atoms with Gasteiger partial charge in [0.1, 0.15) is 5.75 Å². The fourth-order valence-corrected chi connectivity index (χ4v) is 3.19. The summed E-state index contributed by atoms with van der Waals surface area (Å²) in [6.07, 6.45) is 2.32. The van der Waals surface area contributed by atoms with Gasteiger partial charge in [0.05, 0.1) is 17.0 Å². The van der Waals surface area contributed by atoms with Gasteiger partial charge in [0.25, 0.3) is 5.91 Å². The lowest BCUT2D eigenvalue weighted by atomic mass is 9.97. The highest BCUT2D eigenvalue weighted by atomic mass is 79.9. The van der Waals surface area contributed by atoms with E-state index in [9.17, 15) is 9.59 Å². The molecule has 1 fully saturated rings. The van der Waals surface area contributed by atoms with Crippen LogP contribution in [0, 0.1) is 11.8 Å². The molecular weight excluding hydrogens is 374 g/mol. The van der Waals surface area contributed by atoms with E-state index in [-0.39, 0.29) is 12.5 Å². The molecule has 6 heteroatoms. The molecule has 0 aliphatic carbocycles. The zero-order chi connectivity index (χ0) is 17.7. The Morgan fingerprint density at radius 1 is 1.42 bits per heavy atom. The molecule has 1 aliphatic heterocycles. The van der Waals surface area contributed by atoms with Crippen LogP contribution in [0.3, 0.4) is 0 Å². The third kappa shape index (κ3) is 4.97. The van der Waals surface area contributed by atoms with Crippen molar-refractivity contribution < 1.29 is 19.4 Å². The van der Waals surface area contributed by atoms with Crippen LogP contribution >= 0.6 is 15.9 Å². The fraction of sp³-hybridized carbons (Fsp3) is 0.556. The Morgan fingerprint density at radius 2 is 2.17 bits per heavy atom. The highest BCUT2D eigenvalue weighted by molar-refractivity contribution is 9.10. The van der Waals surface area contributed by atoms with Gasteiger partial charge in [-0.1, -0.05) is 13.8 Å². The number of aliphatic carboxylic acids is 1. The smallest absolute Gasteiger partial charge is 0.308 e. The van der Waals surface area contributed by atoms with Crippen molar-refractivity contribution in [3.63, 3.8) is 0 Å². The van der Waals surface area contributed by atoms with Crippen molar-refractivity contribution in [1.29, 1.82) is 0 Å². The molecule has 1 atom stereocenters. The second kappa shape index (κ2) is 8.51. The molecular formula is C18H24BrNO4. The molecule has 1 aliphatic rings. The summed E-state index contributed by atoms with van der Waals surface area (Å²) in [5, 5.41) is 9.15. The number of hydrogen-bond acceptors (Lipinski definition) is 3. The number of hydrogen-bond donors (Lipinski definition) is 1. The average Bonchev–Trinajstić information content (AvgIpc) is 2.55. The van der Waals surface area contributed by atoms with Crippen molar-refractivity contribution in [2.45, 2.75) is 33.1 Å². The molecule has 2 rings (SSSR count). The molecule has 1 unspecified atom stereocenters. The van der Waals surface area contributed by atoms with Crippen molar-refractivity contribution >= 4 is 27.8 Å². The molecule has 0 saturated carbocycles. The second-order valence-electron chi connectivity index (χ2n) is 6.60. The van der Waals surface area contributed by atoms with Crippen molar-refractivity contribution in [3.05, 3.63) is 28.2 Å². The molecule has 0 aromatic heterocycles. The first-order chi connectivity index (χ1) is 11.4. The van der Waals surface area contributed by atoms with Gasteiger partial charge in [0.15, 0.2) is 0 Å². The summed E-state index contributed by atoms with van der Waals surface area (Å²) in [5.74, 6) is -0.136. The zero-order valence-corrected chi connectivity index (χ0v) is 15.7. The van der Waals surface area contributed by atoms with E-state index in [1.807, 2.05) is 0 Å². The number of rotatable bonds is 6. The molecule has 132 valence electrons. The van der Waals surface area contributed by atoms with Crippen LogP contribution < -0.4 is 4.74 Å². The van der Waals surface area contributed by atoms with Gasteiger partial charge < -0.3 is 14.7 Å². The van der Waals surface area contributed by atoms with Crippen LogP contribution in [-0.4, -0.2) is 41.6 Å². The van der Waals surface area contributed by atoms with Gasteiger partial charge in [-0.05, 0) is 59.3 Å². The number of ether oxygens (including phenoxy) is 1. The summed E-state index contributed by atoms with van der Waals surface area (Å²) in [6.45, 7) is 5.80. The van der Waals surface area contributed by atoms with Gasteiger partial charge in [0.2, 0.25) is 0 Å². The Morgan fingerprint density at radius 3 is 2.79 bits per heavy atom.